The zero-order valence-electron chi connectivity index (χ0n) is 12.7. The molecule has 0 radical (unpaired) electrons. The molecule has 0 aromatic heterocycles. The van der Waals surface area contributed by atoms with Crippen molar-refractivity contribution in [3.63, 3.8) is 0 Å². The van der Waals surface area contributed by atoms with Crippen molar-refractivity contribution in [3.8, 4) is 0 Å². The third kappa shape index (κ3) is 2.07. The van der Waals surface area contributed by atoms with Crippen LogP contribution in [0.5, 0.6) is 0 Å². The summed E-state index contributed by atoms with van der Waals surface area (Å²) in [6.45, 7) is 0. The largest absolute Gasteiger partial charge is 0.296 e. The number of rotatable bonds is 3. The molecule has 0 bridgehead atoms. The fraction of sp³-hybridized carbons (Fsp3) is 0.222. The fourth-order valence-corrected chi connectivity index (χ4v) is 3.62. The van der Waals surface area contributed by atoms with Gasteiger partial charge in [0.25, 0.3) is 5.91 Å². The molecule has 2 amide bonds. The number of benzene rings is 2. The Morgan fingerprint density at radius 3 is 2.70 bits per heavy atom. The van der Waals surface area contributed by atoms with Gasteiger partial charge in [0, 0.05) is 17.5 Å². The minimum atomic E-state index is -0.325. The number of hydrogen-bond donors (Lipinski definition) is 1. The van der Waals surface area contributed by atoms with Crippen LogP contribution in [0.4, 0.5) is 11.4 Å². The van der Waals surface area contributed by atoms with Crippen molar-refractivity contribution in [1.29, 1.82) is 0 Å². The topological polar surface area (TPSA) is 49.4 Å². The van der Waals surface area contributed by atoms with E-state index in [1.165, 1.54) is 11.9 Å². The van der Waals surface area contributed by atoms with Crippen LogP contribution in [0.15, 0.2) is 48.5 Å². The van der Waals surface area contributed by atoms with Crippen LogP contribution in [0.2, 0.25) is 0 Å². The quantitative estimate of drug-likeness (QED) is 0.880. The van der Waals surface area contributed by atoms with E-state index in [-0.39, 0.29) is 17.2 Å². The summed E-state index contributed by atoms with van der Waals surface area (Å²) in [7, 11) is 0. The molecule has 5 heteroatoms. The lowest BCUT2D eigenvalue weighted by molar-refractivity contribution is -0.119. The van der Waals surface area contributed by atoms with Gasteiger partial charge in [-0.1, -0.05) is 36.2 Å². The Bertz CT molecular complexity index is 814. The molecule has 1 N–H and O–H groups in total. The Balaban J connectivity index is 1.78. The van der Waals surface area contributed by atoms with Gasteiger partial charge in [0.2, 0.25) is 5.91 Å². The molecule has 2 aromatic rings. The van der Waals surface area contributed by atoms with Crippen molar-refractivity contribution < 1.29 is 9.59 Å². The Hall–Kier alpha value is -2.27. The highest BCUT2D eigenvalue weighted by molar-refractivity contribution is 7.97. The molecule has 4 rings (SSSR count). The second kappa shape index (κ2) is 5.13. The molecule has 0 atom stereocenters. The van der Waals surface area contributed by atoms with Gasteiger partial charge in [-0.15, -0.1) is 0 Å². The molecular formula is C18H16N2O2S. The van der Waals surface area contributed by atoms with E-state index < -0.39 is 0 Å². The van der Waals surface area contributed by atoms with Crippen LogP contribution >= 0.6 is 11.9 Å². The molecule has 1 aliphatic carbocycles. The van der Waals surface area contributed by atoms with E-state index in [1.807, 2.05) is 36.4 Å². The third-order valence-electron chi connectivity index (χ3n) is 4.58. The van der Waals surface area contributed by atoms with E-state index in [4.69, 9.17) is 0 Å². The SMILES string of the molecule is CSNC(=O)c1cccc(N2C(=O)C3(CC3)c3ccccc32)c1. The lowest BCUT2D eigenvalue weighted by Crippen LogP contribution is -2.28. The highest BCUT2D eigenvalue weighted by Crippen LogP contribution is 2.58. The van der Waals surface area contributed by atoms with Gasteiger partial charge in [0.1, 0.15) is 0 Å². The molecule has 0 unspecified atom stereocenters. The molecule has 0 saturated heterocycles. The Morgan fingerprint density at radius 1 is 1.17 bits per heavy atom. The predicted octanol–water partition coefficient (Wildman–Crippen LogP) is 3.40. The van der Waals surface area contributed by atoms with Crippen molar-refractivity contribution in [3.05, 3.63) is 59.7 Å². The highest BCUT2D eigenvalue weighted by atomic mass is 32.2. The van der Waals surface area contributed by atoms with E-state index in [0.29, 0.717) is 5.56 Å². The number of fused-ring (bicyclic) bond motifs is 2. The normalized spacial score (nSPS) is 17.3. The molecule has 1 spiro atoms. The zero-order valence-corrected chi connectivity index (χ0v) is 13.5. The number of carbonyl (C=O) groups excluding carboxylic acids is 2. The van der Waals surface area contributed by atoms with Crippen LogP contribution in [0.3, 0.4) is 0 Å². The summed E-state index contributed by atoms with van der Waals surface area (Å²) in [5.41, 5.74) is 3.04. The molecule has 1 heterocycles. The van der Waals surface area contributed by atoms with E-state index in [2.05, 4.69) is 4.72 Å². The van der Waals surface area contributed by atoms with Gasteiger partial charge in [-0.2, -0.15) is 0 Å². The number of para-hydroxylation sites is 1. The van der Waals surface area contributed by atoms with Gasteiger partial charge in [0.15, 0.2) is 0 Å². The van der Waals surface area contributed by atoms with Crippen LogP contribution in [-0.2, 0) is 10.2 Å². The summed E-state index contributed by atoms with van der Waals surface area (Å²) < 4.78 is 2.71. The first-order chi connectivity index (χ1) is 11.2. The molecule has 23 heavy (non-hydrogen) atoms. The van der Waals surface area contributed by atoms with Gasteiger partial charge < -0.3 is 0 Å². The standard InChI is InChI=1S/C18H16N2O2S/c1-23-19-16(21)12-5-4-6-13(11-12)20-15-8-3-2-7-14(15)18(9-10-18)17(20)22/h2-8,11H,9-10H2,1H3,(H,19,21). The lowest BCUT2D eigenvalue weighted by atomic mass is 9.98. The van der Waals surface area contributed by atoms with Crippen molar-refractivity contribution >= 4 is 35.1 Å². The van der Waals surface area contributed by atoms with Crippen LogP contribution in [0.25, 0.3) is 0 Å². The summed E-state index contributed by atoms with van der Waals surface area (Å²) in [5.74, 6) is -0.0264. The molecule has 2 aliphatic rings. The second-order valence-electron chi connectivity index (χ2n) is 5.93. The maximum atomic E-state index is 13.0. The van der Waals surface area contributed by atoms with Gasteiger partial charge >= 0.3 is 0 Å². The molecule has 1 fully saturated rings. The Morgan fingerprint density at radius 2 is 1.96 bits per heavy atom. The van der Waals surface area contributed by atoms with E-state index >= 15 is 0 Å². The number of carbonyl (C=O) groups is 2. The first kappa shape index (κ1) is 14.3. The number of nitrogens with one attached hydrogen (secondary N) is 1. The molecule has 116 valence electrons. The van der Waals surface area contributed by atoms with Crippen molar-refractivity contribution in [2.45, 2.75) is 18.3 Å². The maximum Gasteiger partial charge on any atom is 0.261 e. The van der Waals surface area contributed by atoms with E-state index in [0.717, 1.165) is 29.8 Å². The average molecular weight is 324 g/mol. The van der Waals surface area contributed by atoms with Crippen LogP contribution < -0.4 is 9.62 Å². The minimum Gasteiger partial charge on any atom is -0.296 e. The summed E-state index contributed by atoms with van der Waals surface area (Å²) in [4.78, 5) is 26.8. The second-order valence-corrected chi connectivity index (χ2v) is 6.54. The Kier molecular flexibility index (Phi) is 3.20. The summed E-state index contributed by atoms with van der Waals surface area (Å²) in [5, 5.41) is 0. The first-order valence-electron chi connectivity index (χ1n) is 7.55. The summed E-state index contributed by atoms with van der Waals surface area (Å²) in [6, 6.07) is 15.2. The van der Waals surface area contributed by atoms with Crippen molar-refractivity contribution in [2.24, 2.45) is 0 Å². The molecule has 1 saturated carbocycles. The minimum absolute atomic E-state index is 0.126. The molecular weight excluding hydrogens is 308 g/mol. The predicted molar refractivity (Wildman–Crippen MR) is 91.9 cm³/mol. The smallest absolute Gasteiger partial charge is 0.261 e. The molecule has 2 aromatic carbocycles. The van der Waals surface area contributed by atoms with Crippen LogP contribution in [-0.4, -0.2) is 18.1 Å². The number of amides is 2. The highest BCUT2D eigenvalue weighted by Gasteiger charge is 2.59. The number of nitrogens with zero attached hydrogens (tertiary/aromatic N) is 1. The summed E-state index contributed by atoms with van der Waals surface area (Å²) in [6.07, 6.45) is 3.62. The van der Waals surface area contributed by atoms with Crippen molar-refractivity contribution in [2.75, 3.05) is 11.2 Å². The fourth-order valence-electron chi connectivity index (χ4n) is 3.31. The van der Waals surface area contributed by atoms with Gasteiger partial charge in [-0.3, -0.25) is 19.2 Å². The monoisotopic (exact) mass is 324 g/mol. The van der Waals surface area contributed by atoms with E-state index in [1.54, 1.807) is 23.3 Å². The summed E-state index contributed by atoms with van der Waals surface area (Å²) >= 11 is 1.26. The number of hydrogen-bond acceptors (Lipinski definition) is 3. The average Bonchev–Trinajstić information content (AvgIpc) is 3.33. The molecule has 4 nitrogen and oxygen atoms in total. The van der Waals surface area contributed by atoms with E-state index in [9.17, 15) is 9.59 Å². The van der Waals surface area contributed by atoms with Crippen LogP contribution in [0.1, 0.15) is 28.8 Å². The lowest BCUT2D eigenvalue weighted by Gasteiger charge is -2.19. The number of anilines is 2. The Labute approximate surface area is 139 Å². The first-order valence-corrected chi connectivity index (χ1v) is 8.77. The van der Waals surface area contributed by atoms with Gasteiger partial charge in [-0.05, 0) is 42.7 Å². The maximum absolute atomic E-state index is 13.0. The van der Waals surface area contributed by atoms with Crippen LogP contribution in [0, 0.1) is 0 Å². The molecule has 1 aliphatic heterocycles. The van der Waals surface area contributed by atoms with Gasteiger partial charge in [-0.25, -0.2) is 0 Å². The van der Waals surface area contributed by atoms with Gasteiger partial charge in [0.05, 0.1) is 11.1 Å². The van der Waals surface area contributed by atoms with Crippen molar-refractivity contribution in [1.82, 2.24) is 4.72 Å². The third-order valence-corrected chi connectivity index (χ3v) is 4.97. The zero-order chi connectivity index (χ0) is 16.0.